The van der Waals surface area contributed by atoms with Crippen LogP contribution in [0.5, 0.6) is 0 Å². The summed E-state index contributed by atoms with van der Waals surface area (Å²) in [7, 11) is 0. The van der Waals surface area contributed by atoms with Crippen molar-refractivity contribution < 1.29 is 26.7 Å². The molecule has 1 unspecified atom stereocenters. The first-order valence-corrected chi connectivity index (χ1v) is 8.61. The molecule has 0 radical (unpaired) electrons. The molecule has 0 bridgehead atoms. The van der Waals surface area contributed by atoms with Crippen molar-refractivity contribution in [1.29, 1.82) is 0 Å². The van der Waals surface area contributed by atoms with E-state index in [9.17, 15) is 22.0 Å². The predicted octanol–water partition coefficient (Wildman–Crippen LogP) is 4.65. The Morgan fingerprint density at radius 2 is 2.03 bits per heavy atom. The van der Waals surface area contributed by atoms with E-state index in [-0.39, 0.29) is 10.7 Å². The molecule has 1 aliphatic heterocycles. The summed E-state index contributed by atoms with van der Waals surface area (Å²) in [4.78, 5) is 4.09. The molecule has 0 saturated heterocycles. The van der Waals surface area contributed by atoms with Gasteiger partial charge in [-0.05, 0) is 30.7 Å². The monoisotopic (exact) mass is 435 g/mol. The molecule has 3 rings (SSSR count). The Labute approximate surface area is 167 Å². The molecule has 2 heterocycles. The van der Waals surface area contributed by atoms with Gasteiger partial charge in [-0.3, -0.25) is 0 Å². The van der Waals surface area contributed by atoms with Gasteiger partial charge in [0, 0.05) is 29.9 Å². The van der Waals surface area contributed by atoms with E-state index in [4.69, 9.17) is 16.3 Å². The van der Waals surface area contributed by atoms with Gasteiger partial charge in [0.25, 0.3) is 6.43 Å². The fourth-order valence-electron chi connectivity index (χ4n) is 2.54. The molecule has 1 atom stereocenters. The molecule has 0 spiro atoms. The first kappa shape index (κ1) is 21.2. The fraction of sp³-hybridized carbons (Fsp3) is 0.353. The van der Waals surface area contributed by atoms with Crippen molar-refractivity contribution >= 4 is 17.8 Å². The Hall–Kier alpha value is -2.53. The highest BCUT2D eigenvalue weighted by atomic mass is 35.5. The molecule has 1 aromatic heterocycles. The van der Waals surface area contributed by atoms with Gasteiger partial charge < -0.3 is 10.1 Å². The molecule has 1 N–H and O–H groups in total. The molecule has 156 valence electrons. The largest absolute Gasteiger partial charge is 0.435 e. The summed E-state index contributed by atoms with van der Waals surface area (Å²) >= 11 is 5.68. The number of halogens is 6. The van der Waals surface area contributed by atoms with Crippen LogP contribution >= 0.6 is 11.6 Å². The maximum Gasteiger partial charge on any atom is 0.435 e. The highest BCUT2D eigenvalue weighted by Gasteiger charge is 2.40. The van der Waals surface area contributed by atoms with Crippen molar-refractivity contribution in [3.63, 3.8) is 0 Å². The maximum absolute atomic E-state index is 13.7. The Kier molecular flexibility index (Phi) is 5.63. The second-order valence-corrected chi connectivity index (χ2v) is 6.77. The third-order valence-corrected chi connectivity index (χ3v) is 4.38. The van der Waals surface area contributed by atoms with E-state index in [1.54, 1.807) is 13.1 Å². The first-order chi connectivity index (χ1) is 13.5. The number of hydrogen-bond acceptors (Lipinski definition) is 5. The second-order valence-electron chi connectivity index (χ2n) is 6.36. The Morgan fingerprint density at radius 3 is 2.62 bits per heavy atom. The van der Waals surface area contributed by atoms with Gasteiger partial charge in [-0.15, -0.1) is 5.10 Å². The molecule has 12 heteroatoms. The van der Waals surface area contributed by atoms with E-state index in [1.165, 1.54) is 13.1 Å². The van der Waals surface area contributed by atoms with Gasteiger partial charge in [0.15, 0.2) is 5.69 Å². The smallest absolute Gasteiger partial charge is 0.345 e. The maximum atomic E-state index is 13.7. The van der Waals surface area contributed by atoms with Crippen LogP contribution in [0, 0.1) is 0 Å². The highest BCUT2D eigenvalue weighted by molar-refractivity contribution is 6.31. The molecule has 1 aromatic carbocycles. The number of rotatable bonds is 5. The normalized spacial score (nSPS) is 19.4. The molecule has 6 nitrogen and oxygen atoms in total. The summed E-state index contributed by atoms with van der Waals surface area (Å²) in [6, 6.07) is 3.06. The third-order valence-electron chi connectivity index (χ3n) is 4.04. The van der Waals surface area contributed by atoms with Crippen LogP contribution in [0.4, 0.5) is 22.0 Å². The second kappa shape index (κ2) is 7.71. The van der Waals surface area contributed by atoms with Crippen LogP contribution < -0.4 is 5.32 Å². The SMILES string of the molecule is CC1=CNC(C)(OCc2nnn(-c3ccc(Cl)c(C(F)F)c3)c2C(F)(F)F)N=C1. The van der Waals surface area contributed by atoms with Crippen LogP contribution in [-0.4, -0.2) is 27.1 Å². The van der Waals surface area contributed by atoms with Crippen molar-refractivity contribution in [1.82, 2.24) is 20.3 Å². The van der Waals surface area contributed by atoms with Crippen molar-refractivity contribution in [2.75, 3.05) is 0 Å². The van der Waals surface area contributed by atoms with Crippen molar-refractivity contribution in [2.45, 2.75) is 38.9 Å². The zero-order valence-corrected chi connectivity index (χ0v) is 15.9. The number of aromatic nitrogens is 3. The zero-order valence-electron chi connectivity index (χ0n) is 15.1. The highest BCUT2D eigenvalue weighted by Crippen LogP contribution is 2.35. The Morgan fingerprint density at radius 1 is 1.31 bits per heavy atom. The van der Waals surface area contributed by atoms with E-state index < -0.39 is 42.0 Å². The average molecular weight is 436 g/mol. The van der Waals surface area contributed by atoms with Crippen LogP contribution in [-0.2, 0) is 17.5 Å². The van der Waals surface area contributed by atoms with Gasteiger partial charge in [0.2, 0.25) is 5.85 Å². The van der Waals surface area contributed by atoms with Crippen molar-refractivity contribution in [3.05, 3.63) is 51.9 Å². The summed E-state index contributed by atoms with van der Waals surface area (Å²) in [6.07, 6.45) is -4.71. The predicted molar refractivity (Wildman–Crippen MR) is 94.9 cm³/mol. The van der Waals surface area contributed by atoms with Crippen LogP contribution in [0.2, 0.25) is 5.02 Å². The number of nitrogens with one attached hydrogen (secondary N) is 1. The minimum Gasteiger partial charge on any atom is -0.345 e. The summed E-state index contributed by atoms with van der Waals surface area (Å²) in [5.74, 6) is -1.28. The molecule has 29 heavy (non-hydrogen) atoms. The number of ether oxygens (including phenoxy) is 1. The summed E-state index contributed by atoms with van der Waals surface area (Å²) < 4.78 is 73.1. The van der Waals surface area contributed by atoms with Crippen LogP contribution in [0.3, 0.4) is 0 Å². The third kappa shape index (κ3) is 4.56. The van der Waals surface area contributed by atoms with Gasteiger partial charge >= 0.3 is 6.18 Å². The molecule has 0 saturated carbocycles. The van der Waals surface area contributed by atoms with Crippen LogP contribution in [0.25, 0.3) is 5.69 Å². The minimum atomic E-state index is -4.87. The summed E-state index contributed by atoms with van der Waals surface area (Å²) in [5, 5.41) is 9.58. The quantitative estimate of drug-likeness (QED) is 0.695. The number of benzene rings is 1. The molecular formula is C17H15ClF5N5O. The lowest BCUT2D eigenvalue weighted by Crippen LogP contribution is -2.42. The van der Waals surface area contributed by atoms with Gasteiger partial charge in [-0.25, -0.2) is 18.5 Å². The van der Waals surface area contributed by atoms with Crippen LogP contribution in [0.15, 0.2) is 35.0 Å². The van der Waals surface area contributed by atoms with Crippen molar-refractivity contribution in [3.8, 4) is 5.69 Å². The van der Waals surface area contributed by atoms with E-state index in [0.29, 0.717) is 4.68 Å². The number of hydrogen-bond donors (Lipinski definition) is 1. The molecule has 0 fully saturated rings. The van der Waals surface area contributed by atoms with Crippen LogP contribution in [0.1, 0.15) is 37.2 Å². The topological polar surface area (TPSA) is 64.3 Å². The van der Waals surface area contributed by atoms with Gasteiger partial charge in [-0.2, -0.15) is 13.2 Å². The van der Waals surface area contributed by atoms with E-state index >= 15 is 0 Å². The van der Waals surface area contributed by atoms with Gasteiger partial charge in [0.05, 0.1) is 12.3 Å². The van der Waals surface area contributed by atoms with Gasteiger partial charge in [0.1, 0.15) is 5.69 Å². The Bertz CT molecular complexity index is 972. The lowest BCUT2D eigenvalue weighted by atomic mass is 10.2. The van der Waals surface area contributed by atoms with E-state index in [0.717, 1.165) is 23.8 Å². The van der Waals surface area contributed by atoms with Gasteiger partial charge in [-0.1, -0.05) is 16.8 Å². The standard InChI is InChI=1S/C17H15ClF5N5O/c1-9-6-24-16(2,25-7-9)29-8-13-14(17(21,22)23)28(27-26-13)10-3-4-12(18)11(5-10)15(19)20/h3-7,15,24H,8H2,1-2H3. The Balaban J connectivity index is 1.94. The fourth-order valence-corrected chi connectivity index (χ4v) is 2.74. The lowest BCUT2D eigenvalue weighted by molar-refractivity contribution is -0.145. The van der Waals surface area contributed by atoms with Crippen molar-refractivity contribution in [2.24, 2.45) is 4.99 Å². The number of nitrogens with zero attached hydrogens (tertiary/aromatic N) is 4. The average Bonchev–Trinajstić information content (AvgIpc) is 3.07. The zero-order chi connectivity index (χ0) is 21.4. The van der Waals surface area contributed by atoms with E-state index in [2.05, 4.69) is 20.6 Å². The van der Waals surface area contributed by atoms with E-state index in [1.807, 2.05) is 0 Å². The molecule has 0 aliphatic carbocycles. The minimum absolute atomic E-state index is 0.255. The lowest BCUT2D eigenvalue weighted by Gasteiger charge is -2.28. The molecule has 0 amide bonds. The first-order valence-electron chi connectivity index (χ1n) is 8.23. The number of allylic oxidation sites excluding steroid dienone is 1. The number of aliphatic imine (C=N–C) groups is 1. The molecule has 2 aromatic rings. The molecule has 1 aliphatic rings. The summed E-state index contributed by atoms with van der Waals surface area (Å²) in [5.41, 5.74) is -1.81. The number of alkyl halides is 5. The summed E-state index contributed by atoms with van der Waals surface area (Å²) in [6.45, 7) is 2.74. The molecular weight excluding hydrogens is 421 g/mol.